The van der Waals surface area contributed by atoms with E-state index in [1.807, 2.05) is 18.2 Å². The first kappa shape index (κ1) is 12.5. The molecule has 0 aliphatic rings. The van der Waals surface area contributed by atoms with Gasteiger partial charge in [-0.2, -0.15) is 0 Å². The summed E-state index contributed by atoms with van der Waals surface area (Å²) in [7, 11) is 1.67. The number of alkyl halides is 2. The number of ether oxygens (including phenoxy) is 1. The van der Waals surface area contributed by atoms with Crippen LogP contribution in [0.3, 0.4) is 0 Å². The van der Waals surface area contributed by atoms with Crippen LogP contribution in [-0.4, -0.2) is 11.9 Å². The molecule has 0 fully saturated rings. The molecule has 1 rings (SSSR count). The lowest BCUT2D eigenvalue weighted by Gasteiger charge is -2.15. The Morgan fingerprint density at radius 2 is 1.93 bits per heavy atom. The van der Waals surface area contributed by atoms with Gasteiger partial charge < -0.3 is 4.74 Å². The summed E-state index contributed by atoms with van der Waals surface area (Å²) < 4.78 is 6.27. The number of hydrogen-bond donors (Lipinski definition) is 0. The number of rotatable bonds is 3. The Balaban J connectivity index is 3.05. The van der Waals surface area contributed by atoms with E-state index in [4.69, 9.17) is 4.74 Å². The van der Waals surface area contributed by atoms with Crippen molar-refractivity contribution in [2.75, 3.05) is 7.11 Å². The van der Waals surface area contributed by atoms with Crippen molar-refractivity contribution < 1.29 is 4.74 Å². The summed E-state index contributed by atoms with van der Waals surface area (Å²) in [6.45, 7) is 2.10. The molecule has 1 aromatic carbocycles. The van der Waals surface area contributed by atoms with Gasteiger partial charge in [0, 0.05) is 9.30 Å². The van der Waals surface area contributed by atoms with Crippen LogP contribution in [-0.2, 0) is 0 Å². The van der Waals surface area contributed by atoms with E-state index < -0.39 is 0 Å². The first-order valence-corrected chi connectivity index (χ1v) is 6.80. The first-order valence-electron chi connectivity index (χ1n) is 4.18. The standard InChI is InChI=1S/C10H11Br3O/c1-6(11)10(13)8-5-7(14-2)3-4-9(8)12/h3-6,10H,1-2H3. The summed E-state index contributed by atoms with van der Waals surface area (Å²) in [5.41, 5.74) is 1.19. The smallest absolute Gasteiger partial charge is 0.119 e. The van der Waals surface area contributed by atoms with Gasteiger partial charge in [0.05, 0.1) is 11.9 Å². The second-order valence-corrected chi connectivity index (χ2v) is 6.25. The van der Waals surface area contributed by atoms with E-state index in [0.717, 1.165) is 10.2 Å². The zero-order valence-corrected chi connectivity index (χ0v) is 12.7. The van der Waals surface area contributed by atoms with Gasteiger partial charge in [0.2, 0.25) is 0 Å². The van der Waals surface area contributed by atoms with Crippen molar-refractivity contribution >= 4 is 47.8 Å². The molecule has 0 saturated heterocycles. The Morgan fingerprint density at radius 3 is 2.43 bits per heavy atom. The molecule has 78 valence electrons. The molecule has 0 N–H and O–H groups in total. The van der Waals surface area contributed by atoms with Crippen LogP contribution in [0.4, 0.5) is 0 Å². The minimum atomic E-state index is 0.270. The molecule has 0 saturated carbocycles. The molecule has 0 amide bonds. The average Bonchev–Trinajstić information content (AvgIpc) is 2.17. The minimum Gasteiger partial charge on any atom is -0.497 e. The van der Waals surface area contributed by atoms with Crippen molar-refractivity contribution in [3.8, 4) is 5.75 Å². The second-order valence-electron chi connectivity index (χ2n) is 2.97. The normalized spacial score (nSPS) is 14.9. The van der Waals surface area contributed by atoms with Gasteiger partial charge >= 0.3 is 0 Å². The van der Waals surface area contributed by atoms with Gasteiger partial charge in [-0.3, -0.25) is 0 Å². The van der Waals surface area contributed by atoms with Crippen molar-refractivity contribution in [2.45, 2.75) is 16.6 Å². The van der Waals surface area contributed by atoms with Crippen molar-refractivity contribution in [1.82, 2.24) is 0 Å². The zero-order valence-electron chi connectivity index (χ0n) is 7.93. The third-order valence-corrected chi connectivity index (χ3v) is 5.15. The molecule has 2 unspecified atom stereocenters. The second kappa shape index (κ2) is 5.52. The minimum absolute atomic E-state index is 0.270. The molecule has 4 heteroatoms. The molecule has 0 bridgehead atoms. The number of halogens is 3. The van der Waals surface area contributed by atoms with Crippen LogP contribution in [0.25, 0.3) is 0 Å². The van der Waals surface area contributed by atoms with E-state index in [-0.39, 0.29) is 4.83 Å². The van der Waals surface area contributed by atoms with Gasteiger partial charge in [0.1, 0.15) is 5.75 Å². The summed E-state index contributed by atoms with van der Waals surface area (Å²) in [5.74, 6) is 0.876. The highest BCUT2D eigenvalue weighted by Gasteiger charge is 2.16. The summed E-state index contributed by atoms with van der Waals surface area (Å²) in [4.78, 5) is 0.637. The fourth-order valence-corrected chi connectivity index (χ4v) is 2.57. The topological polar surface area (TPSA) is 9.23 Å². The largest absolute Gasteiger partial charge is 0.497 e. The SMILES string of the molecule is COc1ccc(Br)c(C(Br)C(C)Br)c1. The van der Waals surface area contributed by atoms with Gasteiger partial charge in [-0.25, -0.2) is 0 Å². The third kappa shape index (κ3) is 2.97. The van der Waals surface area contributed by atoms with E-state index in [0.29, 0.717) is 4.83 Å². The van der Waals surface area contributed by atoms with E-state index >= 15 is 0 Å². The highest BCUT2D eigenvalue weighted by atomic mass is 79.9. The van der Waals surface area contributed by atoms with E-state index in [2.05, 4.69) is 54.7 Å². The van der Waals surface area contributed by atoms with Gasteiger partial charge in [-0.05, 0) is 23.8 Å². The number of benzene rings is 1. The molecular weight excluding hydrogens is 376 g/mol. The molecule has 0 radical (unpaired) electrons. The van der Waals surface area contributed by atoms with Crippen LogP contribution in [0.15, 0.2) is 22.7 Å². The fourth-order valence-electron chi connectivity index (χ4n) is 1.11. The highest BCUT2D eigenvalue weighted by Crippen LogP contribution is 2.37. The molecule has 0 aliphatic heterocycles. The van der Waals surface area contributed by atoms with Crippen LogP contribution in [0, 0.1) is 0 Å². The quantitative estimate of drug-likeness (QED) is 0.685. The summed E-state index contributed by atoms with van der Waals surface area (Å²) in [5, 5.41) is 0. The summed E-state index contributed by atoms with van der Waals surface area (Å²) in [6, 6.07) is 5.96. The Labute approximate surface area is 110 Å². The van der Waals surface area contributed by atoms with Crippen LogP contribution in [0.2, 0.25) is 0 Å². The maximum Gasteiger partial charge on any atom is 0.119 e. The first-order chi connectivity index (χ1) is 6.56. The van der Waals surface area contributed by atoms with E-state index in [1.54, 1.807) is 7.11 Å². The molecule has 0 aromatic heterocycles. The Hall–Kier alpha value is 0.460. The van der Waals surface area contributed by atoms with E-state index in [9.17, 15) is 0 Å². The summed E-state index contributed by atoms with van der Waals surface area (Å²) in [6.07, 6.45) is 0. The monoisotopic (exact) mass is 384 g/mol. The van der Waals surface area contributed by atoms with Gasteiger partial charge in [0.15, 0.2) is 0 Å². The van der Waals surface area contributed by atoms with Crippen LogP contribution in [0.5, 0.6) is 5.75 Å². The lowest BCUT2D eigenvalue weighted by molar-refractivity contribution is 0.414. The molecule has 0 heterocycles. The molecule has 0 aliphatic carbocycles. The van der Waals surface area contributed by atoms with Crippen molar-refractivity contribution in [2.24, 2.45) is 0 Å². The Kier molecular flexibility index (Phi) is 4.94. The van der Waals surface area contributed by atoms with Crippen molar-refractivity contribution in [3.05, 3.63) is 28.2 Å². The maximum absolute atomic E-state index is 5.18. The highest BCUT2D eigenvalue weighted by molar-refractivity contribution is 9.12. The predicted octanol–water partition coefficient (Wildman–Crippen LogP) is 4.68. The molecular formula is C10H11Br3O. The van der Waals surface area contributed by atoms with E-state index in [1.165, 1.54) is 5.56 Å². The number of hydrogen-bond acceptors (Lipinski definition) is 1. The lowest BCUT2D eigenvalue weighted by Crippen LogP contribution is -2.02. The summed E-state index contributed by atoms with van der Waals surface area (Å²) >= 11 is 10.7. The average molecular weight is 387 g/mol. The molecule has 1 nitrogen and oxygen atoms in total. The molecule has 0 spiro atoms. The van der Waals surface area contributed by atoms with Crippen LogP contribution in [0.1, 0.15) is 17.3 Å². The molecule has 14 heavy (non-hydrogen) atoms. The van der Waals surface area contributed by atoms with Crippen LogP contribution < -0.4 is 4.74 Å². The molecule has 2 atom stereocenters. The Bertz CT molecular complexity index is 312. The predicted molar refractivity (Wildman–Crippen MR) is 70.8 cm³/mol. The molecule has 1 aromatic rings. The van der Waals surface area contributed by atoms with Crippen molar-refractivity contribution in [3.63, 3.8) is 0 Å². The maximum atomic E-state index is 5.18. The lowest BCUT2D eigenvalue weighted by atomic mass is 10.1. The van der Waals surface area contributed by atoms with Gasteiger partial charge in [0.25, 0.3) is 0 Å². The Morgan fingerprint density at radius 1 is 1.29 bits per heavy atom. The zero-order chi connectivity index (χ0) is 10.7. The third-order valence-electron chi connectivity index (χ3n) is 1.90. The van der Waals surface area contributed by atoms with Crippen molar-refractivity contribution in [1.29, 1.82) is 0 Å². The number of methoxy groups -OCH3 is 1. The fraction of sp³-hybridized carbons (Fsp3) is 0.400. The van der Waals surface area contributed by atoms with Gasteiger partial charge in [-0.1, -0.05) is 54.7 Å². The van der Waals surface area contributed by atoms with Gasteiger partial charge in [-0.15, -0.1) is 0 Å². The van der Waals surface area contributed by atoms with Crippen LogP contribution >= 0.6 is 47.8 Å².